The lowest BCUT2D eigenvalue weighted by Gasteiger charge is -2.08. The third-order valence-corrected chi connectivity index (χ3v) is 3.93. The second-order valence-electron chi connectivity index (χ2n) is 4.58. The second kappa shape index (κ2) is 6.04. The van der Waals surface area contributed by atoms with E-state index in [0.717, 1.165) is 10.0 Å². The highest BCUT2D eigenvalue weighted by Gasteiger charge is 2.32. The molecule has 3 amide bonds. The predicted molar refractivity (Wildman–Crippen MR) is 76.5 cm³/mol. The van der Waals surface area contributed by atoms with E-state index in [9.17, 15) is 14.4 Å². The first-order valence-corrected chi connectivity index (χ1v) is 6.92. The second-order valence-corrected chi connectivity index (χ2v) is 5.44. The Bertz CT molecular complexity index is 558. The van der Waals surface area contributed by atoms with Gasteiger partial charge < -0.3 is 5.32 Å². The van der Waals surface area contributed by atoms with Gasteiger partial charge in [0.05, 0.1) is 0 Å². The zero-order chi connectivity index (χ0) is 14.7. The summed E-state index contributed by atoms with van der Waals surface area (Å²) in [7, 11) is 0. The van der Waals surface area contributed by atoms with Gasteiger partial charge in [0.25, 0.3) is 11.8 Å². The molecule has 6 nitrogen and oxygen atoms in total. The van der Waals surface area contributed by atoms with Gasteiger partial charge in [-0.25, -0.2) is 0 Å². The molecule has 1 saturated heterocycles. The maximum absolute atomic E-state index is 11.8. The van der Waals surface area contributed by atoms with Crippen LogP contribution in [0.2, 0.25) is 0 Å². The Balaban J connectivity index is 1.88. The van der Waals surface area contributed by atoms with Gasteiger partial charge in [-0.3, -0.25) is 25.2 Å². The molecule has 3 N–H and O–H groups in total. The molecule has 0 unspecified atom stereocenters. The van der Waals surface area contributed by atoms with Crippen molar-refractivity contribution in [2.75, 3.05) is 5.32 Å². The molecule has 106 valence electrons. The number of amides is 3. The van der Waals surface area contributed by atoms with Crippen LogP contribution in [0.5, 0.6) is 0 Å². The van der Waals surface area contributed by atoms with Crippen LogP contribution >= 0.6 is 15.9 Å². The third kappa shape index (κ3) is 3.36. The zero-order valence-corrected chi connectivity index (χ0v) is 12.4. The minimum Gasteiger partial charge on any atom is -0.326 e. The normalized spacial score (nSPS) is 14.9. The molecule has 1 aromatic rings. The van der Waals surface area contributed by atoms with Gasteiger partial charge in [0.15, 0.2) is 0 Å². The van der Waals surface area contributed by atoms with Crippen LogP contribution in [0.25, 0.3) is 0 Å². The van der Waals surface area contributed by atoms with Gasteiger partial charge in [-0.05, 0) is 37.1 Å². The number of hydrogen-bond donors (Lipinski definition) is 3. The van der Waals surface area contributed by atoms with Crippen LogP contribution < -0.4 is 16.2 Å². The molecule has 0 aliphatic carbocycles. The van der Waals surface area contributed by atoms with Crippen LogP contribution in [0.3, 0.4) is 0 Å². The van der Waals surface area contributed by atoms with Gasteiger partial charge in [0, 0.05) is 16.6 Å². The fraction of sp³-hybridized carbons (Fsp3) is 0.308. The maximum atomic E-state index is 11.8. The quantitative estimate of drug-likeness (QED) is 0.721. The standard InChI is InChI=1S/C13H14BrN3O3/c1-7-6-8(2-4-10(7)14)15-11(18)5-3-9-12(19)16-17-13(9)20/h2,4,6,9H,3,5H2,1H3,(H,15,18)(H,16,19)(H,17,20). The molecule has 1 aliphatic rings. The van der Waals surface area contributed by atoms with Crippen LogP contribution in [0.15, 0.2) is 22.7 Å². The summed E-state index contributed by atoms with van der Waals surface area (Å²) in [6, 6.07) is 5.48. The van der Waals surface area contributed by atoms with Crippen molar-refractivity contribution in [3.05, 3.63) is 28.2 Å². The average Bonchev–Trinajstić information content (AvgIpc) is 2.71. The fourth-order valence-electron chi connectivity index (χ4n) is 1.90. The molecule has 20 heavy (non-hydrogen) atoms. The van der Waals surface area contributed by atoms with Crippen LogP contribution in [0.1, 0.15) is 18.4 Å². The molecule has 0 aromatic heterocycles. The fourth-order valence-corrected chi connectivity index (χ4v) is 2.15. The highest BCUT2D eigenvalue weighted by atomic mass is 79.9. The molecule has 7 heteroatoms. The summed E-state index contributed by atoms with van der Waals surface area (Å²) in [5.41, 5.74) is 6.16. The van der Waals surface area contributed by atoms with Crippen LogP contribution in [-0.4, -0.2) is 17.7 Å². The van der Waals surface area contributed by atoms with Gasteiger partial charge in [0.1, 0.15) is 5.92 Å². The highest BCUT2D eigenvalue weighted by Crippen LogP contribution is 2.20. The van der Waals surface area contributed by atoms with Crippen LogP contribution in [0.4, 0.5) is 5.69 Å². The van der Waals surface area contributed by atoms with E-state index in [4.69, 9.17) is 0 Å². The lowest BCUT2D eigenvalue weighted by Crippen LogP contribution is -2.28. The van der Waals surface area contributed by atoms with E-state index in [0.29, 0.717) is 5.69 Å². The van der Waals surface area contributed by atoms with Crippen molar-refractivity contribution in [2.24, 2.45) is 5.92 Å². The molecule has 0 bridgehead atoms. The number of nitrogens with one attached hydrogen (secondary N) is 3. The molecule has 0 atom stereocenters. The Kier molecular flexibility index (Phi) is 4.39. The number of hydrazine groups is 1. The number of anilines is 1. The molecule has 2 rings (SSSR count). The summed E-state index contributed by atoms with van der Waals surface area (Å²) < 4.78 is 0.967. The van der Waals surface area contributed by atoms with Crippen molar-refractivity contribution in [1.29, 1.82) is 0 Å². The van der Waals surface area contributed by atoms with Gasteiger partial charge >= 0.3 is 0 Å². The van der Waals surface area contributed by atoms with E-state index in [1.807, 2.05) is 19.1 Å². The monoisotopic (exact) mass is 339 g/mol. The molecule has 0 saturated carbocycles. The summed E-state index contributed by atoms with van der Waals surface area (Å²) in [4.78, 5) is 34.4. The summed E-state index contributed by atoms with van der Waals surface area (Å²) in [5, 5.41) is 2.74. The topological polar surface area (TPSA) is 87.3 Å². The Morgan fingerprint density at radius 2 is 1.95 bits per heavy atom. The molecule has 1 aromatic carbocycles. The van der Waals surface area contributed by atoms with E-state index in [-0.39, 0.29) is 30.6 Å². The summed E-state index contributed by atoms with van der Waals surface area (Å²) in [5.74, 6) is -1.78. The largest absolute Gasteiger partial charge is 0.326 e. The van der Waals surface area contributed by atoms with E-state index in [1.54, 1.807) is 6.07 Å². The number of rotatable bonds is 4. The van der Waals surface area contributed by atoms with Crippen molar-refractivity contribution in [3.63, 3.8) is 0 Å². The maximum Gasteiger partial charge on any atom is 0.251 e. The first-order chi connectivity index (χ1) is 9.47. The number of halogens is 1. The Hall–Kier alpha value is -1.89. The molecular weight excluding hydrogens is 326 g/mol. The van der Waals surface area contributed by atoms with E-state index in [2.05, 4.69) is 32.1 Å². The minimum absolute atomic E-state index is 0.112. The Labute approximate surface area is 124 Å². The van der Waals surface area contributed by atoms with Crippen molar-refractivity contribution >= 4 is 39.3 Å². The molecule has 1 fully saturated rings. The smallest absolute Gasteiger partial charge is 0.251 e. The number of hydrogen-bond acceptors (Lipinski definition) is 3. The van der Waals surface area contributed by atoms with Crippen molar-refractivity contribution in [3.8, 4) is 0 Å². The molecule has 0 radical (unpaired) electrons. The van der Waals surface area contributed by atoms with Crippen LogP contribution in [-0.2, 0) is 14.4 Å². The van der Waals surface area contributed by atoms with Gasteiger partial charge in [-0.15, -0.1) is 0 Å². The first-order valence-electron chi connectivity index (χ1n) is 6.13. The third-order valence-electron chi connectivity index (χ3n) is 3.04. The van der Waals surface area contributed by atoms with Gasteiger partial charge in [-0.1, -0.05) is 15.9 Å². The van der Waals surface area contributed by atoms with Gasteiger partial charge in [0.2, 0.25) is 5.91 Å². The average molecular weight is 340 g/mol. The molecule has 1 aliphatic heterocycles. The lowest BCUT2D eigenvalue weighted by molar-refractivity contribution is -0.128. The van der Waals surface area contributed by atoms with E-state index >= 15 is 0 Å². The van der Waals surface area contributed by atoms with Crippen LogP contribution in [0, 0.1) is 12.8 Å². The first kappa shape index (κ1) is 14.5. The Morgan fingerprint density at radius 1 is 1.30 bits per heavy atom. The predicted octanol–water partition coefficient (Wildman–Crippen LogP) is 1.25. The molecular formula is C13H14BrN3O3. The van der Waals surface area contributed by atoms with Crippen molar-refractivity contribution < 1.29 is 14.4 Å². The summed E-state index contributed by atoms with van der Waals surface area (Å²) in [6.07, 6.45) is 0.305. The van der Waals surface area contributed by atoms with Gasteiger partial charge in [-0.2, -0.15) is 0 Å². The number of aryl methyl sites for hydroxylation is 1. The number of carbonyl (C=O) groups is 3. The van der Waals surface area contributed by atoms with Crippen molar-refractivity contribution in [1.82, 2.24) is 10.9 Å². The summed E-state index contributed by atoms with van der Waals surface area (Å²) >= 11 is 3.38. The SMILES string of the molecule is Cc1cc(NC(=O)CCC2C(=O)NNC2=O)ccc1Br. The van der Waals surface area contributed by atoms with E-state index < -0.39 is 5.92 Å². The molecule has 1 heterocycles. The van der Waals surface area contributed by atoms with E-state index in [1.165, 1.54) is 0 Å². The lowest BCUT2D eigenvalue weighted by atomic mass is 10.0. The zero-order valence-electron chi connectivity index (χ0n) is 10.8. The number of carbonyl (C=O) groups excluding carboxylic acids is 3. The minimum atomic E-state index is -0.785. The highest BCUT2D eigenvalue weighted by molar-refractivity contribution is 9.10. The summed E-state index contributed by atoms with van der Waals surface area (Å²) in [6.45, 7) is 1.92. The number of benzene rings is 1. The Morgan fingerprint density at radius 3 is 2.55 bits per heavy atom. The van der Waals surface area contributed by atoms with Crippen molar-refractivity contribution in [2.45, 2.75) is 19.8 Å². The molecule has 0 spiro atoms.